The largest absolute Gasteiger partial charge is 0.418 e. The summed E-state index contributed by atoms with van der Waals surface area (Å²) in [6.07, 6.45) is -4.56. The summed E-state index contributed by atoms with van der Waals surface area (Å²) < 4.78 is 39.7. The van der Waals surface area contributed by atoms with E-state index in [-0.39, 0.29) is 17.9 Å². The molecule has 1 aromatic carbocycles. The fraction of sp³-hybridized carbons (Fsp3) is 0.500. The molecular weight excluding hydrogens is 321 g/mol. The zero-order chi connectivity index (χ0) is 16.3. The van der Waals surface area contributed by atoms with Gasteiger partial charge in [0.2, 0.25) is 0 Å². The Balaban J connectivity index is 2.26. The van der Waals surface area contributed by atoms with Crippen molar-refractivity contribution in [1.82, 2.24) is 4.90 Å². The Bertz CT molecular complexity index is 543. The van der Waals surface area contributed by atoms with Crippen LogP contribution < -0.4 is 4.90 Å². The predicted molar refractivity (Wildman–Crippen MR) is 77.4 cm³/mol. The highest BCUT2D eigenvalue weighted by Gasteiger charge is 2.36. The summed E-state index contributed by atoms with van der Waals surface area (Å²) in [5, 5.41) is 7.97. The second kappa shape index (κ2) is 6.85. The van der Waals surface area contributed by atoms with E-state index in [0.29, 0.717) is 32.7 Å². The summed E-state index contributed by atoms with van der Waals surface area (Å²) in [6.45, 7) is 2.55. The van der Waals surface area contributed by atoms with E-state index in [1.165, 1.54) is 12.1 Å². The van der Waals surface area contributed by atoms with E-state index in [4.69, 9.17) is 16.7 Å². The van der Waals surface area contributed by atoms with Crippen LogP contribution in [0.3, 0.4) is 0 Å². The number of aliphatic hydroxyl groups is 1. The minimum Gasteiger partial charge on any atom is -0.395 e. The van der Waals surface area contributed by atoms with Gasteiger partial charge in [-0.25, -0.2) is 0 Å². The number of β-amino-alcohol motifs (C(OH)–C–C–N with tert-alkyl or cyclic N) is 1. The van der Waals surface area contributed by atoms with Crippen LogP contribution in [0.5, 0.6) is 0 Å². The first-order valence-corrected chi connectivity index (χ1v) is 7.20. The van der Waals surface area contributed by atoms with Crippen molar-refractivity contribution in [3.8, 4) is 0 Å². The van der Waals surface area contributed by atoms with Crippen LogP contribution in [0.4, 0.5) is 18.9 Å². The van der Waals surface area contributed by atoms with Crippen LogP contribution in [0.1, 0.15) is 15.9 Å². The van der Waals surface area contributed by atoms with E-state index in [9.17, 15) is 18.0 Å². The van der Waals surface area contributed by atoms with Gasteiger partial charge in [-0.3, -0.25) is 9.69 Å². The Morgan fingerprint density at radius 3 is 2.36 bits per heavy atom. The van der Waals surface area contributed by atoms with Gasteiger partial charge in [0.05, 0.1) is 12.2 Å². The maximum atomic E-state index is 13.2. The number of carbonyl (C=O) groups excluding carboxylic acids is 1. The fourth-order valence-corrected chi connectivity index (χ4v) is 2.63. The number of hydrogen-bond donors (Lipinski definition) is 1. The summed E-state index contributed by atoms with van der Waals surface area (Å²) in [4.78, 5) is 14.7. The van der Waals surface area contributed by atoms with Gasteiger partial charge in [-0.2, -0.15) is 13.2 Å². The SMILES string of the molecule is O=C(Cl)c1ccc(N2CCN(CCO)CC2)c(C(F)(F)F)c1. The fourth-order valence-electron chi connectivity index (χ4n) is 2.51. The molecule has 1 aliphatic rings. The molecule has 8 heteroatoms. The molecule has 0 atom stereocenters. The maximum absolute atomic E-state index is 13.2. The van der Waals surface area contributed by atoms with Crippen LogP contribution in [0, 0.1) is 0 Å². The minimum atomic E-state index is -4.56. The van der Waals surface area contributed by atoms with Crippen molar-refractivity contribution in [3.63, 3.8) is 0 Å². The highest BCUT2D eigenvalue weighted by molar-refractivity contribution is 6.67. The van der Waals surface area contributed by atoms with Crippen molar-refractivity contribution in [2.45, 2.75) is 6.18 Å². The lowest BCUT2D eigenvalue weighted by Gasteiger charge is -2.37. The number of halogens is 4. The van der Waals surface area contributed by atoms with Gasteiger partial charge in [0.15, 0.2) is 0 Å². The number of rotatable bonds is 4. The lowest BCUT2D eigenvalue weighted by atomic mass is 10.1. The third kappa shape index (κ3) is 3.91. The van der Waals surface area contributed by atoms with Crippen molar-refractivity contribution < 1.29 is 23.1 Å². The molecule has 0 bridgehead atoms. The average molecular weight is 337 g/mol. The van der Waals surface area contributed by atoms with Crippen molar-refractivity contribution in [2.24, 2.45) is 0 Å². The van der Waals surface area contributed by atoms with Crippen LogP contribution in [-0.4, -0.2) is 54.6 Å². The number of nitrogens with zero attached hydrogens (tertiary/aromatic N) is 2. The second-order valence-electron chi connectivity index (χ2n) is 5.06. The van der Waals surface area contributed by atoms with Gasteiger partial charge >= 0.3 is 6.18 Å². The Labute approximate surface area is 131 Å². The Morgan fingerprint density at radius 2 is 1.86 bits per heavy atom. The van der Waals surface area contributed by atoms with Gasteiger partial charge in [0.25, 0.3) is 5.24 Å². The maximum Gasteiger partial charge on any atom is 0.418 e. The number of carbonyl (C=O) groups is 1. The van der Waals surface area contributed by atoms with Gasteiger partial charge in [-0.1, -0.05) is 0 Å². The van der Waals surface area contributed by atoms with Crippen LogP contribution in [0.15, 0.2) is 18.2 Å². The molecule has 0 radical (unpaired) electrons. The molecule has 22 heavy (non-hydrogen) atoms. The molecule has 2 rings (SSSR count). The van der Waals surface area contributed by atoms with Crippen LogP contribution in [-0.2, 0) is 6.18 Å². The highest BCUT2D eigenvalue weighted by Crippen LogP contribution is 2.37. The molecule has 4 nitrogen and oxygen atoms in total. The predicted octanol–water partition coefficient (Wildman–Crippen LogP) is 2.20. The molecule has 1 saturated heterocycles. The molecule has 1 aromatic rings. The molecule has 1 N–H and O–H groups in total. The van der Waals surface area contributed by atoms with Gasteiger partial charge in [-0.05, 0) is 29.8 Å². The molecule has 1 fully saturated rings. The smallest absolute Gasteiger partial charge is 0.395 e. The van der Waals surface area contributed by atoms with Crippen LogP contribution in [0.25, 0.3) is 0 Å². The molecule has 122 valence electrons. The van der Waals surface area contributed by atoms with Crippen molar-refractivity contribution in [1.29, 1.82) is 0 Å². The molecule has 1 heterocycles. The zero-order valence-electron chi connectivity index (χ0n) is 11.7. The summed E-state index contributed by atoms with van der Waals surface area (Å²) in [7, 11) is 0. The van der Waals surface area contributed by atoms with Gasteiger partial charge in [0.1, 0.15) is 0 Å². The number of piperazine rings is 1. The van der Waals surface area contributed by atoms with Gasteiger partial charge in [0, 0.05) is 44.0 Å². The Hall–Kier alpha value is -1.31. The van der Waals surface area contributed by atoms with Crippen molar-refractivity contribution in [3.05, 3.63) is 29.3 Å². The minimum absolute atomic E-state index is 0.0281. The van der Waals surface area contributed by atoms with Crippen LogP contribution in [0.2, 0.25) is 0 Å². The normalized spacial score (nSPS) is 16.9. The van der Waals surface area contributed by atoms with E-state index >= 15 is 0 Å². The average Bonchev–Trinajstić information content (AvgIpc) is 2.47. The van der Waals surface area contributed by atoms with Gasteiger partial charge in [-0.15, -0.1) is 0 Å². The van der Waals surface area contributed by atoms with E-state index in [1.54, 1.807) is 4.90 Å². The molecule has 0 spiro atoms. The summed E-state index contributed by atoms with van der Waals surface area (Å²) in [5.74, 6) is 0. The standard InChI is InChI=1S/C14H16ClF3N2O2/c15-13(22)10-1-2-12(11(9-10)14(16,17)18)20-5-3-19(4-6-20)7-8-21/h1-2,9,21H,3-8H2. The Kier molecular flexibility index (Phi) is 5.31. The quantitative estimate of drug-likeness (QED) is 0.856. The summed E-state index contributed by atoms with van der Waals surface area (Å²) in [5.41, 5.74) is -0.968. The Morgan fingerprint density at radius 1 is 1.23 bits per heavy atom. The molecule has 0 unspecified atom stereocenters. The number of benzene rings is 1. The number of anilines is 1. The topological polar surface area (TPSA) is 43.8 Å². The van der Waals surface area contributed by atoms with Crippen LogP contribution >= 0.6 is 11.6 Å². The van der Waals surface area contributed by atoms with Crippen molar-refractivity contribution >= 4 is 22.5 Å². The highest BCUT2D eigenvalue weighted by atomic mass is 35.5. The molecule has 0 amide bonds. The summed E-state index contributed by atoms with van der Waals surface area (Å²) >= 11 is 5.27. The lowest BCUT2D eigenvalue weighted by Crippen LogP contribution is -2.47. The van der Waals surface area contributed by atoms with E-state index in [2.05, 4.69) is 0 Å². The zero-order valence-corrected chi connectivity index (χ0v) is 12.5. The monoisotopic (exact) mass is 336 g/mol. The number of aliphatic hydroxyl groups excluding tert-OH is 1. The second-order valence-corrected chi connectivity index (χ2v) is 5.40. The van der Waals surface area contributed by atoms with E-state index < -0.39 is 17.0 Å². The molecular formula is C14H16ClF3N2O2. The number of alkyl halides is 3. The third-order valence-electron chi connectivity index (χ3n) is 3.66. The summed E-state index contributed by atoms with van der Waals surface area (Å²) in [6, 6.07) is 3.39. The molecule has 0 saturated carbocycles. The molecule has 0 aromatic heterocycles. The molecule has 1 aliphatic heterocycles. The molecule has 0 aliphatic carbocycles. The third-order valence-corrected chi connectivity index (χ3v) is 3.88. The first-order chi connectivity index (χ1) is 10.3. The first-order valence-electron chi connectivity index (χ1n) is 6.82. The lowest BCUT2D eigenvalue weighted by molar-refractivity contribution is -0.137. The first kappa shape index (κ1) is 17.1. The van der Waals surface area contributed by atoms with E-state index in [0.717, 1.165) is 6.07 Å². The van der Waals surface area contributed by atoms with Crippen molar-refractivity contribution in [2.75, 3.05) is 44.2 Å². The number of hydrogen-bond acceptors (Lipinski definition) is 4. The van der Waals surface area contributed by atoms with Gasteiger partial charge < -0.3 is 10.0 Å². The van der Waals surface area contributed by atoms with E-state index in [1.807, 2.05) is 4.90 Å².